The number of benzene rings is 1. The number of rotatable bonds is 10. The largest absolute Gasteiger partial charge is 0.466 e. The third-order valence-electron chi connectivity index (χ3n) is 7.46. The minimum atomic E-state index is -0.479. The van der Waals surface area contributed by atoms with E-state index in [1.165, 1.54) is 17.3 Å². The standard InChI is InChI=1S/C30H39N3O6S/c1-6-38-28(35)23-11-13-32(14-12-23)25(34)17-24-18-40-30-31-20(4)26(29(36)39-16-15-37-5)27(33(24)30)22-9-7-21(8-10-22)19(2)3/h7-10,18-19,23,27H,6,11-17H2,1-5H3. The van der Waals surface area contributed by atoms with Crippen LogP contribution in [-0.2, 0) is 28.6 Å². The smallest absolute Gasteiger partial charge is 0.338 e. The molecule has 1 saturated heterocycles. The molecule has 10 heteroatoms. The Balaban J connectivity index is 1.57. The van der Waals surface area contributed by atoms with Gasteiger partial charge in [0.15, 0.2) is 5.17 Å². The second-order valence-electron chi connectivity index (χ2n) is 10.4. The van der Waals surface area contributed by atoms with Crippen LogP contribution >= 0.6 is 11.8 Å². The zero-order chi connectivity index (χ0) is 28.8. The average Bonchev–Trinajstić information content (AvgIpc) is 3.34. The summed E-state index contributed by atoms with van der Waals surface area (Å²) in [6, 6.07) is 7.77. The summed E-state index contributed by atoms with van der Waals surface area (Å²) in [6.07, 6.45) is 1.36. The Morgan fingerprint density at radius 1 is 1.07 bits per heavy atom. The number of esters is 2. The van der Waals surface area contributed by atoms with Crippen molar-refractivity contribution in [3.8, 4) is 0 Å². The minimum absolute atomic E-state index is 0.0141. The van der Waals surface area contributed by atoms with Crippen LogP contribution in [-0.4, -0.2) is 72.8 Å². The van der Waals surface area contributed by atoms with Gasteiger partial charge in [0.05, 0.1) is 42.9 Å². The van der Waals surface area contributed by atoms with E-state index in [9.17, 15) is 14.4 Å². The number of likely N-dealkylation sites (tertiary alicyclic amines) is 1. The molecule has 1 aromatic rings. The zero-order valence-corrected chi connectivity index (χ0v) is 24.8. The Kier molecular flexibility index (Phi) is 10.1. The molecule has 1 atom stereocenters. The van der Waals surface area contributed by atoms with Gasteiger partial charge in [-0.15, -0.1) is 0 Å². The molecule has 1 amide bonds. The van der Waals surface area contributed by atoms with Gasteiger partial charge in [-0.25, -0.2) is 9.79 Å². The quantitative estimate of drug-likeness (QED) is 0.294. The highest BCUT2D eigenvalue weighted by atomic mass is 32.2. The van der Waals surface area contributed by atoms with E-state index in [0.29, 0.717) is 56.3 Å². The Morgan fingerprint density at radius 3 is 2.40 bits per heavy atom. The summed E-state index contributed by atoms with van der Waals surface area (Å²) in [5, 5.41) is 2.68. The minimum Gasteiger partial charge on any atom is -0.466 e. The molecule has 0 radical (unpaired) electrons. The molecule has 3 heterocycles. The number of ether oxygens (including phenoxy) is 3. The molecule has 3 aliphatic rings. The maximum Gasteiger partial charge on any atom is 0.338 e. The van der Waals surface area contributed by atoms with E-state index >= 15 is 0 Å². The third-order valence-corrected chi connectivity index (χ3v) is 8.35. The topological polar surface area (TPSA) is 97.7 Å². The highest BCUT2D eigenvalue weighted by Gasteiger charge is 2.41. The van der Waals surface area contributed by atoms with Gasteiger partial charge in [-0.2, -0.15) is 0 Å². The lowest BCUT2D eigenvalue weighted by Gasteiger charge is -2.37. The van der Waals surface area contributed by atoms with Gasteiger partial charge in [0.1, 0.15) is 6.61 Å². The van der Waals surface area contributed by atoms with E-state index in [4.69, 9.17) is 19.2 Å². The van der Waals surface area contributed by atoms with Crippen molar-refractivity contribution in [3.63, 3.8) is 0 Å². The molecule has 216 valence electrons. The molecule has 4 rings (SSSR count). The molecule has 1 unspecified atom stereocenters. The first-order valence-electron chi connectivity index (χ1n) is 13.9. The number of hydrogen-bond donors (Lipinski definition) is 0. The van der Waals surface area contributed by atoms with Crippen molar-refractivity contribution in [2.45, 2.75) is 58.9 Å². The molecule has 0 spiro atoms. The van der Waals surface area contributed by atoms with E-state index in [1.54, 1.807) is 14.0 Å². The lowest BCUT2D eigenvalue weighted by molar-refractivity contribution is -0.151. The van der Waals surface area contributed by atoms with E-state index in [-0.39, 0.29) is 30.8 Å². The van der Waals surface area contributed by atoms with E-state index < -0.39 is 12.0 Å². The Labute approximate surface area is 240 Å². The summed E-state index contributed by atoms with van der Waals surface area (Å²) in [5.41, 5.74) is 3.96. The maximum absolute atomic E-state index is 13.4. The summed E-state index contributed by atoms with van der Waals surface area (Å²) >= 11 is 1.45. The van der Waals surface area contributed by atoms with Crippen LogP contribution in [0.2, 0.25) is 0 Å². The van der Waals surface area contributed by atoms with Crippen molar-refractivity contribution >= 4 is 34.8 Å². The zero-order valence-electron chi connectivity index (χ0n) is 24.0. The van der Waals surface area contributed by atoms with Crippen molar-refractivity contribution in [2.75, 3.05) is 40.0 Å². The first kappa shape index (κ1) is 29.9. The molecule has 1 aromatic carbocycles. The van der Waals surface area contributed by atoms with Crippen LogP contribution in [0.1, 0.15) is 70.0 Å². The van der Waals surface area contributed by atoms with Crippen LogP contribution in [0.15, 0.2) is 51.6 Å². The van der Waals surface area contributed by atoms with Crippen LogP contribution in [0.3, 0.4) is 0 Å². The summed E-state index contributed by atoms with van der Waals surface area (Å²) < 4.78 is 15.8. The predicted octanol–water partition coefficient (Wildman–Crippen LogP) is 4.77. The van der Waals surface area contributed by atoms with Gasteiger partial charge in [-0.05, 0) is 49.1 Å². The normalized spacial score (nSPS) is 19.4. The Morgan fingerprint density at radius 2 is 1.77 bits per heavy atom. The number of fused-ring (bicyclic) bond motifs is 1. The average molecular weight is 570 g/mol. The lowest BCUT2D eigenvalue weighted by Crippen LogP contribution is -2.42. The number of methoxy groups -OCH3 is 1. The molecule has 40 heavy (non-hydrogen) atoms. The summed E-state index contributed by atoms with van der Waals surface area (Å²) in [7, 11) is 1.56. The van der Waals surface area contributed by atoms with E-state index in [1.807, 2.05) is 34.3 Å². The maximum atomic E-state index is 13.4. The molecule has 9 nitrogen and oxygen atoms in total. The predicted molar refractivity (Wildman–Crippen MR) is 154 cm³/mol. The van der Waals surface area contributed by atoms with Crippen LogP contribution in [0, 0.1) is 5.92 Å². The number of piperidine rings is 1. The third kappa shape index (κ3) is 6.61. The number of thioether (sulfide) groups is 1. The second kappa shape index (κ2) is 13.5. The van der Waals surface area contributed by atoms with Gasteiger partial charge in [0, 0.05) is 25.9 Å². The monoisotopic (exact) mass is 569 g/mol. The summed E-state index contributed by atoms with van der Waals surface area (Å²) in [6.45, 7) is 9.73. The van der Waals surface area contributed by atoms with Gasteiger partial charge in [-0.1, -0.05) is 49.9 Å². The van der Waals surface area contributed by atoms with Crippen LogP contribution in [0.25, 0.3) is 0 Å². The number of carbonyl (C=O) groups excluding carboxylic acids is 3. The van der Waals surface area contributed by atoms with Gasteiger partial charge in [0.2, 0.25) is 5.91 Å². The molecular formula is C30H39N3O6S. The lowest BCUT2D eigenvalue weighted by atomic mass is 9.91. The SMILES string of the molecule is CCOC(=O)C1CCN(C(=O)CC2=CSC3=NC(C)=C(C(=O)OCCOC)C(c4ccc(C(C)C)cc4)N23)CC1. The van der Waals surface area contributed by atoms with Crippen molar-refractivity contribution in [1.82, 2.24) is 9.80 Å². The molecule has 1 fully saturated rings. The molecular weight excluding hydrogens is 530 g/mol. The molecule has 0 saturated carbocycles. The fourth-order valence-electron chi connectivity index (χ4n) is 5.20. The fraction of sp³-hybridized carbons (Fsp3) is 0.533. The Hall–Kier alpha value is -3.11. The van der Waals surface area contributed by atoms with E-state index in [0.717, 1.165) is 16.4 Å². The number of nitrogens with zero attached hydrogens (tertiary/aromatic N) is 3. The van der Waals surface area contributed by atoms with Crippen molar-refractivity contribution in [3.05, 3.63) is 57.8 Å². The summed E-state index contributed by atoms with van der Waals surface area (Å²) in [5.74, 6) is -0.434. The summed E-state index contributed by atoms with van der Waals surface area (Å²) in [4.78, 5) is 47.5. The van der Waals surface area contributed by atoms with Gasteiger partial charge >= 0.3 is 11.9 Å². The molecule has 0 N–H and O–H groups in total. The van der Waals surface area contributed by atoms with Crippen molar-refractivity contribution in [2.24, 2.45) is 10.9 Å². The van der Waals surface area contributed by atoms with Gasteiger partial charge < -0.3 is 24.0 Å². The molecule has 0 bridgehead atoms. The van der Waals surface area contributed by atoms with Crippen LogP contribution < -0.4 is 0 Å². The van der Waals surface area contributed by atoms with Crippen molar-refractivity contribution < 1.29 is 28.6 Å². The van der Waals surface area contributed by atoms with Gasteiger partial charge in [0.25, 0.3) is 0 Å². The number of aliphatic imine (C=N–C) groups is 1. The number of allylic oxidation sites excluding steroid dienone is 1. The number of carbonyl (C=O) groups is 3. The van der Waals surface area contributed by atoms with E-state index in [2.05, 4.69) is 26.0 Å². The highest BCUT2D eigenvalue weighted by Crippen LogP contribution is 2.45. The van der Waals surface area contributed by atoms with Crippen LogP contribution in [0.5, 0.6) is 0 Å². The van der Waals surface area contributed by atoms with Gasteiger partial charge in [-0.3, -0.25) is 9.59 Å². The Bertz CT molecular complexity index is 1200. The number of amidine groups is 1. The number of hydrogen-bond acceptors (Lipinski definition) is 9. The molecule has 3 aliphatic heterocycles. The highest BCUT2D eigenvalue weighted by molar-refractivity contribution is 8.16. The second-order valence-corrected chi connectivity index (χ2v) is 11.3. The first-order chi connectivity index (χ1) is 19.2. The first-order valence-corrected chi connectivity index (χ1v) is 14.8. The van der Waals surface area contributed by atoms with Crippen LogP contribution in [0.4, 0.5) is 0 Å². The molecule has 0 aromatic heterocycles. The molecule has 0 aliphatic carbocycles. The van der Waals surface area contributed by atoms with Crippen molar-refractivity contribution in [1.29, 1.82) is 0 Å². The number of amides is 1. The fourth-order valence-corrected chi connectivity index (χ4v) is 6.16.